The van der Waals surface area contributed by atoms with E-state index < -0.39 is 0 Å². The van der Waals surface area contributed by atoms with E-state index >= 15 is 0 Å². The molecule has 0 aromatic heterocycles. The minimum Gasteiger partial charge on any atom is -0.392 e. The van der Waals surface area contributed by atoms with E-state index in [4.69, 9.17) is 18.0 Å². The van der Waals surface area contributed by atoms with Crippen molar-refractivity contribution < 1.29 is 4.79 Å². The van der Waals surface area contributed by atoms with Crippen LogP contribution in [0.5, 0.6) is 0 Å². The topological polar surface area (TPSA) is 49.6 Å². The van der Waals surface area contributed by atoms with Crippen molar-refractivity contribution in [2.24, 2.45) is 5.73 Å². The first-order valence-electron chi connectivity index (χ1n) is 6.55. The lowest BCUT2D eigenvalue weighted by Gasteiger charge is -2.39. The van der Waals surface area contributed by atoms with Crippen LogP contribution in [-0.2, 0) is 0 Å². The van der Waals surface area contributed by atoms with E-state index in [-0.39, 0.29) is 12.1 Å². The standard InChI is InChI=1S/C12H21N3OS/c13-11(17)10-6-2-5-9-15(10)12(16)14-7-3-1-4-8-14/h10H,1-9H2,(H2,13,17). The summed E-state index contributed by atoms with van der Waals surface area (Å²) in [4.78, 5) is 16.7. The molecule has 0 bridgehead atoms. The number of hydrogen-bond acceptors (Lipinski definition) is 2. The highest BCUT2D eigenvalue weighted by Gasteiger charge is 2.31. The monoisotopic (exact) mass is 255 g/mol. The molecule has 2 amide bonds. The number of thiocarbonyl (C=S) groups is 1. The molecule has 2 rings (SSSR count). The minimum absolute atomic E-state index is 0.0202. The third kappa shape index (κ3) is 2.89. The summed E-state index contributed by atoms with van der Waals surface area (Å²) in [6.45, 7) is 2.58. The molecule has 0 radical (unpaired) electrons. The molecule has 0 aromatic carbocycles. The zero-order valence-electron chi connectivity index (χ0n) is 10.2. The van der Waals surface area contributed by atoms with Gasteiger partial charge in [-0.1, -0.05) is 12.2 Å². The SMILES string of the molecule is NC(=S)C1CCCCN1C(=O)N1CCCCC1. The van der Waals surface area contributed by atoms with Gasteiger partial charge in [0.2, 0.25) is 0 Å². The lowest BCUT2D eigenvalue weighted by molar-refractivity contribution is 0.125. The lowest BCUT2D eigenvalue weighted by atomic mass is 10.0. The fourth-order valence-corrected chi connectivity index (χ4v) is 2.97. The predicted octanol–water partition coefficient (Wildman–Crippen LogP) is 1.73. The molecular formula is C12H21N3OS. The van der Waals surface area contributed by atoms with E-state index in [0.717, 1.165) is 51.7 Å². The van der Waals surface area contributed by atoms with Gasteiger partial charge in [0.15, 0.2) is 0 Å². The first kappa shape index (κ1) is 12.6. The molecule has 2 N–H and O–H groups in total. The third-order valence-electron chi connectivity index (χ3n) is 3.70. The molecular weight excluding hydrogens is 234 g/mol. The number of hydrogen-bond donors (Lipinski definition) is 1. The molecule has 1 unspecified atom stereocenters. The van der Waals surface area contributed by atoms with Gasteiger partial charge in [0.25, 0.3) is 0 Å². The van der Waals surface area contributed by atoms with Crippen molar-refractivity contribution >= 4 is 23.2 Å². The Morgan fingerprint density at radius 3 is 2.35 bits per heavy atom. The molecule has 0 aromatic rings. The van der Waals surface area contributed by atoms with Gasteiger partial charge in [0.05, 0.1) is 11.0 Å². The minimum atomic E-state index is -0.0202. The van der Waals surface area contributed by atoms with Crippen LogP contribution in [-0.4, -0.2) is 46.5 Å². The molecule has 96 valence electrons. The number of carbonyl (C=O) groups is 1. The lowest BCUT2D eigenvalue weighted by Crippen LogP contribution is -2.55. The fraction of sp³-hybridized carbons (Fsp3) is 0.833. The first-order chi connectivity index (χ1) is 8.20. The van der Waals surface area contributed by atoms with Crippen molar-refractivity contribution in [3.8, 4) is 0 Å². The van der Waals surface area contributed by atoms with Gasteiger partial charge in [0.1, 0.15) is 0 Å². The Kier molecular flexibility index (Phi) is 4.20. The summed E-state index contributed by atoms with van der Waals surface area (Å²) < 4.78 is 0. The van der Waals surface area contributed by atoms with E-state index in [1.54, 1.807) is 0 Å². The molecule has 5 heteroatoms. The van der Waals surface area contributed by atoms with Crippen LogP contribution in [0.25, 0.3) is 0 Å². The quantitative estimate of drug-likeness (QED) is 0.726. The maximum Gasteiger partial charge on any atom is 0.320 e. The molecule has 0 spiro atoms. The van der Waals surface area contributed by atoms with Crippen molar-refractivity contribution in [1.82, 2.24) is 9.80 Å². The van der Waals surface area contributed by atoms with Gasteiger partial charge < -0.3 is 15.5 Å². The van der Waals surface area contributed by atoms with Crippen LogP contribution < -0.4 is 5.73 Å². The largest absolute Gasteiger partial charge is 0.392 e. The molecule has 2 aliphatic heterocycles. The van der Waals surface area contributed by atoms with E-state index in [9.17, 15) is 4.79 Å². The van der Waals surface area contributed by atoms with Crippen molar-refractivity contribution in [3.63, 3.8) is 0 Å². The number of nitrogens with zero attached hydrogens (tertiary/aromatic N) is 2. The molecule has 4 nitrogen and oxygen atoms in total. The Labute approximate surface area is 108 Å². The number of piperidine rings is 2. The normalized spacial score (nSPS) is 25.8. The zero-order valence-corrected chi connectivity index (χ0v) is 11.0. The Morgan fingerprint density at radius 1 is 1.06 bits per heavy atom. The van der Waals surface area contributed by atoms with Crippen molar-refractivity contribution in [2.75, 3.05) is 19.6 Å². The highest BCUT2D eigenvalue weighted by molar-refractivity contribution is 7.80. The summed E-state index contributed by atoms with van der Waals surface area (Å²) >= 11 is 5.08. The summed E-state index contributed by atoms with van der Waals surface area (Å²) in [5.41, 5.74) is 5.74. The third-order valence-corrected chi connectivity index (χ3v) is 3.98. The second-order valence-electron chi connectivity index (χ2n) is 4.94. The van der Waals surface area contributed by atoms with E-state index in [2.05, 4.69) is 0 Å². The van der Waals surface area contributed by atoms with Crippen LogP contribution in [0.1, 0.15) is 38.5 Å². The molecule has 0 aliphatic carbocycles. The summed E-state index contributed by atoms with van der Waals surface area (Å²) in [6.07, 6.45) is 6.59. The van der Waals surface area contributed by atoms with Crippen LogP contribution in [0.4, 0.5) is 4.79 Å². The van der Waals surface area contributed by atoms with Gasteiger partial charge in [-0.05, 0) is 38.5 Å². The van der Waals surface area contributed by atoms with Crippen molar-refractivity contribution in [3.05, 3.63) is 0 Å². The van der Waals surface area contributed by atoms with Gasteiger partial charge in [-0.15, -0.1) is 0 Å². The van der Waals surface area contributed by atoms with E-state index in [0.29, 0.717) is 4.99 Å². The van der Waals surface area contributed by atoms with Gasteiger partial charge in [0, 0.05) is 19.6 Å². The van der Waals surface area contributed by atoms with Crippen LogP contribution in [0.15, 0.2) is 0 Å². The number of likely N-dealkylation sites (tertiary alicyclic amines) is 2. The number of rotatable bonds is 1. The van der Waals surface area contributed by atoms with Crippen LogP contribution in [0, 0.1) is 0 Å². The maximum absolute atomic E-state index is 12.4. The van der Waals surface area contributed by atoms with Crippen molar-refractivity contribution in [2.45, 2.75) is 44.6 Å². The first-order valence-corrected chi connectivity index (χ1v) is 6.96. The second-order valence-corrected chi connectivity index (χ2v) is 5.41. The van der Waals surface area contributed by atoms with E-state index in [1.807, 2.05) is 9.80 Å². The Hall–Kier alpha value is -0.840. The highest BCUT2D eigenvalue weighted by atomic mass is 32.1. The Morgan fingerprint density at radius 2 is 1.71 bits per heavy atom. The molecule has 2 aliphatic rings. The smallest absolute Gasteiger partial charge is 0.320 e. The summed E-state index contributed by atoms with van der Waals surface area (Å²) in [5, 5.41) is 0. The van der Waals surface area contributed by atoms with E-state index in [1.165, 1.54) is 6.42 Å². The molecule has 17 heavy (non-hydrogen) atoms. The number of nitrogens with two attached hydrogens (primary N) is 1. The Bertz CT molecular complexity index is 302. The van der Waals surface area contributed by atoms with Crippen LogP contribution in [0.2, 0.25) is 0 Å². The van der Waals surface area contributed by atoms with Crippen LogP contribution >= 0.6 is 12.2 Å². The molecule has 2 fully saturated rings. The number of carbonyl (C=O) groups excluding carboxylic acids is 1. The zero-order chi connectivity index (χ0) is 12.3. The Balaban J connectivity index is 2.02. The summed E-state index contributed by atoms with van der Waals surface area (Å²) in [5.74, 6) is 0. The van der Waals surface area contributed by atoms with Gasteiger partial charge in [-0.2, -0.15) is 0 Å². The average molecular weight is 255 g/mol. The number of urea groups is 1. The predicted molar refractivity (Wildman–Crippen MR) is 72.0 cm³/mol. The maximum atomic E-state index is 12.4. The van der Waals surface area contributed by atoms with Gasteiger partial charge in [-0.25, -0.2) is 4.79 Å². The molecule has 1 atom stereocenters. The summed E-state index contributed by atoms with van der Waals surface area (Å²) in [6, 6.07) is 0.121. The van der Waals surface area contributed by atoms with Crippen molar-refractivity contribution in [1.29, 1.82) is 0 Å². The highest BCUT2D eigenvalue weighted by Crippen LogP contribution is 2.20. The fourth-order valence-electron chi connectivity index (χ4n) is 2.72. The number of amides is 2. The summed E-state index contributed by atoms with van der Waals surface area (Å²) in [7, 11) is 0. The molecule has 2 heterocycles. The van der Waals surface area contributed by atoms with Gasteiger partial charge in [-0.3, -0.25) is 0 Å². The van der Waals surface area contributed by atoms with Gasteiger partial charge >= 0.3 is 6.03 Å². The molecule has 2 saturated heterocycles. The van der Waals surface area contributed by atoms with Crippen LogP contribution in [0.3, 0.4) is 0 Å². The molecule has 0 saturated carbocycles. The second kappa shape index (κ2) is 5.67. The average Bonchev–Trinajstić information content (AvgIpc) is 2.39.